The van der Waals surface area contributed by atoms with Gasteiger partial charge in [0.2, 0.25) is 0 Å². The average Bonchev–Trinajstić information content (AvgIpc) is 3.41. The first-order valence-corrected chi connectivity index (χ1v) is 11.1. The van der Waals surface area contributed by atoms with Gasteiger partial charge in [-0.2, -0.15) is 13.2 Å². The molecule has 4 rings (SSSR count). The van der Waals surface area contributed by atoms with E-state index < -0.39 is 24.3 Å². The molecule has 1 amide bonds. The highest BCUT2D eigenvalue weighted by Gasteiger charge is 2.42. The molecule has 4 unspecified atom stereocenters. The molecule has 33 heavy (non-hydrogen) atoms. The third-order valence-corrected chi connectivity index (χ3v) is 6.64. The minimum Gasteiger partial charge on any atom is -0.452 e. The van der Waals surface area contributed by atoms with Gasteiger partial charge in [-0.25, -0.2) is 9.78 Å². The number of hydrogen-bond donors (Lipinski definition) is 2. The topological polar surface area (TPSA) is 80.3 Å². The molecule has 4 atom stereocenters. The van der Waals surface area contributed by atoms with Crippen LogP contribution < -0.4 is 10.6 Å². The zero-order valence-corrected chi connectivity index (χ0v) is 18.2. The molecule has 9 heteroatoms. The van der Waals surface area contributed by atoms with Gasteiger partial charge in [-0.1, -0.05) is 12.5 Å². The first kappa shape index (κ1) is 23.1. The van der Waals surface area contributed by atoms with Gasteiger partial charge >= 0.3 is 12.1 Å². The van der Waals surface area contributed by atoms with Crippen molar-refractivity contribution in [1.29, 1.82) is 0 Å². The van der Waals surface area contributed by atoms with E-state index in [1.807, 2.05) is 6.92 Å². The molecule has 2 aromatic rings. The number of pyridine rings is 1. The van der Waals surface area contributed by atoms with Crippen LogP contribution in [-0.4, -0.2) is 29.5 Å². The van der Waals surface area contributed by atoms with E-state index >= 15 is 0 Å². The molecule has 2 aliphatic carbocycles. The number of hydrogen-bond acceptors (Lipinski definition) is 5. The van der Waals surface area contributed by atoms with Gasteiger partial charge in [0.1, 0.15) is 11.4 Å². The largest absolute Gasteiger partial charge is 0.452 e. The summed E-state index contributed by atoms with van der Waals surface area (Å²) in [6, 6.07) is 7.52. The Bertz CT molecular complexity index is 1030. The number of carbonyl (C=O) groups excluding carboxylic acids is 2. The molecule has 1 heterocycles. The van der Waals surface area contributed by atoms with Crippen molar-refractivity contribution in [2.75, 3.05) is 11.9 Å². The summed E-state index contributed by atoms with van der Waals surface area (Å²) in [6.45, 7) is 1.55. The summed E-state index contributed by atoms with van der Waals surface area (Å²) in [5.74, 6) is 0.760. The SMILES string of the molecule is CC(NC(=O)COC(=O)c1cccnc1Nc1cccc(C(F)(F)F)c1)C1CC2CCC1C2. The summed E-state index contributed by atoms with van der Waals surface area (Å²) in [4.78, 5) is 28.9. The molecular weight excluding hydrogens is 435 g/mol. The molecule has 176 valence electrons. The minimum absolute atomic E-state index is 0.0167. The van der Waals surface area contributed by atoms with Gasteiger partial charge in [-0.15, -0.1) is 0 Å². The lowest BCUT2D eigenvalue weighted by Crippen LogP contribution is -2.42. The van der Waals surface area contributed by atoms with Crippen LogP contribution in [0.1, 0.15) is 48.5 Å². The first-order valence-electron chi connectivity index (χ1n) is 11.1. The summed E-state index contributed by atoms with van der Waals surface area (Å²) < 4.78 is 44.1. The lowest BCUT2D eigenvalue weighted by molar-refractivity contribution is -0.137. The maximum absolute atomic E-state index is 13.0. The van der Waals surface area contributed by atoms with Gasteiger partial charge in [-0.3, -0.25) is 4.79 Å². The minimum atomic E-state index is -4.49. The Morgan fingerprint density at radius 1 is 1.18 bits per heavy atom. The summed E-state index contributed by atoms with van der Waals surface area (Å²) in [6.07, 6.45) is 1.77. The second kappa shape index (κ2) is 9.41. The third kappa shape index (κ3) is 5.46. The first-order chi connectivity index (χ1) is 15.7. The van der Waals surface area contributed by atoms with Crippen LogP contribution in [0.2, 0.25) is 0 Å². The van der Waals surface area contributed by atoms with Crippen LogP contribution in [0, 0.1) is 17.8 Å². The predicted molar refractivity (Wildman–Crippen MR) is 116 cm³/mol. The number of esters is 1. The van der Waals surface area contributed by atoms with E-state index in [0.29, 0.717) is 11.8 Å². The number of nitrogens with one attached hydrogen (secondary N) is 2. The molecule has 2 fully saturated rings. The number of alkyl halides is 3. The normalized spacial score (nSPS) is 22.6. The van der Waals surface area contributed by atoms with Crippen molar-refractivity contribution in [1.82, 2.24) is 10.3 Å². The lowest BCUT2D eigenvalue weighted by Gasteiger charge is -2.28. The summed E-state index contributed by atoms with van der Waals surface area (Å²) in [5, 5.41) is 5.66. The van der Waals surface area contributed by atoms with Gasteiger partial charge in [0, 0.05) is 17.9 Å². The van der Waals surface area contributed by atoms with E-state index in [0.717, 1.165) is 24.5 Å². The molecular formula is C24H26F3N3O3. The Balaban J connectivity index is 1.35. The third-order valence-electron chi connectivity index (χ3n) is 6.64. The maximum atomic E-state index is 13.0. The van der Waals surface area contributed by atoms with Crippen molar-refractivity contribution in [2.24, 2.45) is 17.8 Å². The molecule has 2 N–H and O–H groups in total. The van der Waals surface area contributed by atoms with Crippen LogP contribution in [0.4, 0.5) is 24.7 Å². The van der Waals surface area contributed by atoms with Crippen LogP contribution in [0.3, 0.4) is 0 Å². The van der Waals surface area contributed by atoms with E-state index in [9.17, 15) is 22.8 Å². The molecule has 1 aromatic carbocycles. The maximum Gasteiger partial charge on any atom is 0.416 e. The van der Waals surface area contributed by atoms with Gasteiger partial charge in [0.15, 0.2) is 6.61 Å². The zero-order valence-electron chi connectivity index (χ0n) is 18.2. The predicted octanol–water partition coefficient (Wildman–Crippen LogP) is 4.94. The monoisotopic (exact) mass is 461 g/mol. The van der Waals surface area contributed by atoms with Crippen molar-refractivity contribution in [2.45, 2.75) is 44.8 Å². The number of halogens is 3. The highest BCUT2D eigenvalue weighted by molar-refractivity contribution is 5.96. The number of fused-ring (bicyclic) bond motifs is 2. The summed E-state index contributed by atoms with van der Waals surface area (Å²) in [5.41, 5.74) is -0.687. The summed E-state index contributed by atoms with van der Waals surface area (Å²) in [7, 11) is 0. The quantitative estimate of drug-likeness (QED) is 0.571. The van der Waals surface area contributed by atoms with E-state index in [2.05, 4.69) is 15.6 Å². The molecule has 1 aromatic heterocycles. The highest BCUT2D eigenvalue weighted by atomic mass is 19.4. The fourth-order valence-corrected chi connectivity index (χ4v) is 5.10. The molecule has 0 saturated heterocycles. The number of carbonyl (C=O) groups is 2. The number of nitrogens with zero attached hydrogens (tertiary/aromatic N) is 1. The van der Waals surface area contributed by atoms with Crippen molar-refractivity contribution < 1.29 is 27.5 Å². The van der Waals surface area contributed by atoms with Gasteiger partial charge < -0.3 is 15.4 Å². The second-order valence-corrected chi connectivity index (χ2v) is 8.87. The van der Waals surface area contributed by atoms with Crippen molar-refractivity contribution in [3.05, 3.63) is 53.7 Å². The number of benzene rings is 1. The van der Waals surface area contributed by atoms with E-state index in [4.69, 9.17) is 4.74 Å². The highest BCUT2D eigenvalue weighted by Crippen LogP contribution is 2.49. The van der Waals surface area contributed by atoms with Crippen LogP contribution in [0.5, 0.6) is 0 Å². The van der Waals surface area contributed by atoms with Crippen LogP contribution >= 0.6 is 0 Å². The molecule has 2 aliphatic rings. The van der Waals surface area contributed by atoms with Gasteiger partial charge in [-0.05, 0) is 74.3 Å². The number of aromatic nitrogens is 1. The molecule has 2 saturated carbocycles. The van der Waals surface area contributed by atoms with Gasteiger partial charge in [0.05, 0.1) is 5.56 Å². The fraction of sp³-hybridized carbons (Fsp3) is 0.458. The fourth-order valence-electron chi connectivity index (χ4n) is 5.10. The lowest BCUT2D eigenvalue weighted by atomic mass is 9.84. The number of amides is 1. The van der Waals surface area contributed by atoms with E-state index in [1.165, 1.54) is 49.7 Å². The second-order valence-electron chi connectivity index (χ2n) is 8.87. The number of rotatable bonds is 7. The van der Waals surface area contributed by atoms with Crippen LogP contribution in [-0.2, 0) is 15.7 Å². The Hall–Kier alpha value is -3.10. The zero-order chi connectivity index (χ0) is 23.6. The Morgan fingerprint density at radius 3 is 2.70 bits per heavy atom. The smallest absolute Gasteiger partial charge is 0.416 e. The summed E-state index contributed by atoms with van der Waals surface area (Å²) >= 11 is 0. The van der Waals surface area contributed by atoms with Gasteiger partial charge in [0.25, 0.3) is 5.91 Å². The average molecular weight is 461 g/mol. The van der Waals surface area contributed by atoms with E-state index in [1.54, 1.807) is 0 Å². The molecule has 0 radical (unpaired) electrons. The Kier molecular flexibility index (Phi) is 6.58. The molecule has 6 nitrogen and oxygen atoms in total. The van der Waals surface area contributed by atoms with Crippen LogP contribution in [0.15, 0.2) is 42.6 Å². The van der Waals surface area contributed by atoms with Crippen molar-refractivity contribution in [3.63, 3.8) is 0 Å². The standard InChI is InChI=1S/C24H26F3N3O3/c1-14(20-11-15-7-8-16(20)10-15)29-21(31)13-33-23(32)19-6-3-9-28-22(19)30-18-5-2-4-17(12-18)24(25,26)27/h2-6,9,12,14-16,20H,7-8,10-11,13H2,1H3,(H,28,30)(H,29,31). The van der Waals surface area contributed by atoms with Crippen molar-refractivity contribution >= 4 is 23.4 Å². The molecule has 0 spiro atoms. The molecule has 0 aliphatic heterocycles. The number of ether oxygens (including phenoxy) is 1. The Labute approximate surface area is 189 Å². The van der Waals surface area contributed by atoms with Crippen LogP contribution in [0.25, 0.3) is 0 Å². The number of anilines is 2. The molecule has 2 bridgehead atoms. The van der Waals surface area contributed by atoms with Crippen molar-refractivity contribution in [3.8, 4) is 0 Å². The van der Waals surface area contributed by atoms with E-state index in [-0.39, 0.29) is 29.0 Å². The Morgan fingerprint density at radius 2 is 2.00 bits per heavy atom.